The number of imidazole rings is 1. The topological polar surface area (TPSA) is 68.1 Å². The Bertz CT molecular complexity index is 699. The molecule has 1 aliphatic heterocycles. The molecule has 0 atom stereocenters. The molecule has 2 aromatic rings. The van der Waals surface area contributed by atoms with Gasteiger partial charge in [0.1, 0.15) is 5.82 Å². The van der Waals surface area contributed by atoms with Crippen molar-refractivity contribution >= 4 is 10.0 Å². The normalized spacial score (nSPS) is 17.1. The van der Waals surface area contributed by atoms with Gasteiger partial charge >= 0.3 is 0 Å². The fraction of sp³-hybridized carbons (Fsp3) is 0.385. The standard InChI is InChI=1S/C13H16N4O2S/c1-10-15-13(9-16(10)2)20(18,19)17-7-12(8-17)11-4-3-5-14-6-11/h3-6,9,12H,7-8H2,1-2H3. The Labute approximate surface area is 118 Å². The van der Waals surface area contributed by atoms with Crippen molar-refractivity contribution in [2.45, 2.75) is 17.9 Å². The van der Waals surface area contributed by atoms with Crippen molar-refractivity contribution in [3.63, 3.8) is 0 Å². The van der Waals surface area contributed by atoms with Gasteiger partial charge in [0.25, 0.3) is 10.0 Å². The second-order valence-electron chi connectivity index (χ2n) is 5.04. The molecular formula is C13H16N4O2S. The van der Waals surface area contributed by atoms with Gasteiger partial charge in [-0.05, 0) is 18.6 Å². The third kappa shape index (κ3) is 2.12. The molecule has 0 aliphatic carbocycles. The Hall–Kier alpha value is -1.73. The van der Waals surface area contributed by atoms with Crippen LogP contribution in [0.4, 0.5) is 0 Å². The Morgan fingerprint density at radius 3 is 2.65 bits per heavy atom. The lowest BCUT2D eigenvalue weighted by atomic mass is 9.95. The number of aryl methyl sites for hydroxylation is 2. The number of aromatic nitrogens is 3. The van der Waals surface area contributed by atoms with E-state index in [1.54, 1.807) is 37.1 Å². The van der Waals surface area contributed by atoms with Crippen LogP contribution in [0, 0.1) is 6.92 Å². The average Bonchev–Trinajstić information content (AvgIpc) is 2.70. The summed E-state index contributed by atoms with van der Waals surface area (Å²) in [6.07, 6.45) is 5.06. The fourth-order valence-corrected chi connectivity index (χ4v) is 3.80. The third-order valence-corrected chi connectivity index (χ3v) is 5.40. The van der Waals surface area contributed by atoms with Crippen LogP contribution in [0.1, 0.15) is 17.3 Å². The van der Waals surface area contributed by atoms with Crippen LogP contribution in [-0.4, -0.2) is 40.3 Å². The van der Waals surface area contributed by atoms with Crippen molar-refractivity contribution in [2.75, 3.05) is 13.1 Å². The number of hydrogen-bond acceptors (Lipinski definition) is 4. The molecule has 0 unspecified atom stereocenters. The summed E-state index contributed by atoms with van der Waals surface area (Å²) in [5.41, 5.74) is 1.08. The zero-order valence-electron chi connectivity index (χ0n) is 11.4. The lowest BCUT2D eigenvalue weighted by Gasteiger charge is -2.37. The van der Waals surface area contributed by atoms with Crippen molar-refractivity contribution in [3.05, 3.63) is 42.1 Å². The van der Waals surface area contributed by atoms with Crippen molar-refractivity contribution in [3.8, 4) is 0 Å². The summed E-state index contributed by atoms with van der Waals surface area (Å²) < 4.78 is 28.0. The van der Waals surface area contributed by atoms with Crippen molar-refractivity contribution in [1.29, 1.82) is 0 Å². The number of hydrogen-bond donors (Lipinski definition) is 0. The van der Waals surface area contributed by atoms with Crippen molar-refractivity contribution in [2.24, 2.45) is 7.05 Å². The predicted molar refractivity (Wildman–Crippen MR) is 73.7 cm³/mol. The van der Waals surface area contributed by atoms with E-state index < -0.39 is 10.0 Å². The SMILES string of the molecule is Cc1nc(S(=O)(=O)N2CC(c3cccnc3)C2)cn1C. The molecule has 20 heavy (non-hydrogen) atoms. The smallest absolute Gasteiger partial charge is 0.262 e. The Balaban J connectivity index is 1.76. The molecule has 3 rings (SSSR count). The molecule has 3 heterocycles. The summed E-state index contributed by atoms with van der Waals surface area (Å²) in [6, 6.07) is 3.85. The molecule has 1 saturated heterocycles. The molecule has 0 bridgehead atoms. The minimum Gasteiger partial charge on any atom is -0.337 e. The molecule has 7 heteroatoms. The quantitative estimate of drug-likeness (QED) is 0.843. The number of pyridine rings is 1. The molecule has 1 fully saturated rings. The number of nitrogens with zero attached hydrogens (tertiary/aromatic N) is 4. The Kier molecular flexibility index (Phi) is 3.10. The van der Waals surface area contributed by atoms with E-state index in [0.717, 1.165) is 5.56 Å². The van der Waals surface area contributed by atoms with Crippen LogP contribution in [0.5, 0.6) is 0 Å². The molecule has 0 aromatic carbocycles. The molecule has 6 nitrogen and oxygen atoms in total. The summed E-state index contributed by atoms with van der Waals surface area (Å²) in [4.78, 5) is 8.17. The maximum atomic E-state index is 12.4. The van der Waals surface area contributed by atoms with E-state index in [9.17, 15) is 8.42 Å². The summed E-state index contributed by atoms with van der Waals surface area (Å²) in [6.45, 7) is 2.76. The maximum Gasteiger partial charge on any atom is 0.262 e. The van der Waals surface area contributed by atoms with Gasteiger partial charge in [0.05, 0.1) is 0 Å². The van der Waals surface area contributed by atoms with E-state index in [-0.39, 0.29) is 10.9 Å². The molecule has 106 valence electrons. The highest BCUT2D eigenvalue weighted by atomic mass is 32.2. The molecule has 2 aromatic heterocycles. The zero-order chi connectivity index (χ0) is 14.3. The monoisotopic (exact) mass is 292 g/mol. The first-order valence-electron chi connectivity index (χ1n) is 6.38. The molecule has 0 spiro atoms. The van der Waals surface area contributed by atoms with Crippen molar-refractivity contribution in [1.82, 2.24) is 18.8 Å². The fourth-order valence-electron chi connectivity index (χ4n) is 2.25. The van der Waals surface area contributed by atoms with E-state index in [0.29, 0.717) is 18.9 Å². The first kappa shape index (κ1) is 13.3. The second kappa shape index (κ2) is 4.68. The van der Waals surface area contributed by atoms with Gasteiger partial charge in [-0.25, -0.2) is 13.4 Å². The largest absolute Gasteiger partial charge is 0.337 e. The third-order valence-electron chi connectivity index (χ3n) is 3.69. The first-order chi connectivity index (χ1) is 9.48. The minimum atomic E-state index is -3.46. The van der Waals surface area contributed by atoms with Gasteiger partial charge < -0.3 is 4.57 Å². The molecule has 1 aliphatic rings. The Morgan fingerprint density at radius 1 is 1.35 bits per heavy atom. The molecule has 0 N–H and O–H groups in total. The van der Waals surface area contributed by atoms with E-state index in [1.165, 1.54) is 4.31 Å². The van der Waals surface area contributed by atoms with Crippen LogP contribution in [0.15, 0.2) is 35.7 Å². The average molecular weight is 292 g/mol. The van der Waals surface area contributed by atoms with Crippen LogP contribution in [-0.2, 0) is 17.1 Å². The summed E-state index contributed by atoms with van der Waals surface area (Å²) in [5, 5.41) is 0.127. The molecule has 0 radical (unpaired) electrons. The Morgan fingerprint density at radius 2 is 2.10 bits per heavy atom. The molecule has 0 saturated carbocycles. The van der Waals surface area contributed by atoms with Crippen LogP contribution in [0.3, 0.4) is 0 Å². The predicted octanol–water partition coefficient (Wildman–Crippen LogP) is 0.912. The second-order valence-corrected chi connectivity index (χ2v) is 6.93. The lowest BCUT2D eigenvalue weighted by molar-refractivity contribution is 0.263. The highest BCUT2D eigenvalue weighted by Crippen LogP contribution is 2.31. The van der Waals surface area contributed by atoms with Crippen LogP contribution < -0.4 is 0 Å². The zero-order valence-corrected chi connectivity index (χ0v) is 12.2. The van der Waals surface area contributed by atoms with Gasteiger partial charge in [0, 0.05) is 44.6 Å². The van der Waals surface area contributed by atoms with Crippen molar-refractivity contribution < 1.29 is 8.42 Å². The minimum absolute atomic E-state index is 0.127. The van der Waals surface area contributed by atoms with E-state index in [1.807, 2.05) is 12.1 Å². The number of sulfonamides is 1. The van der Waals surface area contributed by atoms with E-state index in [4.69, 9.17) is 0 Å². The van der Waals surface area contributed by atoms with Gasteiger partial charge in [0.2, 0.25) is 0 Å². The summed E-state index contributed by atoms with van der Waals surface area (Å²) in [5.74, 6) is 0.913. The van der Waals surface area contributed by atoms with Gasteiger partial charge in [-0.1, -0.05) is 6.07 Å². The van der Waals surface area contributed by atoms with E-state index >= 15 is 0 Å². The highest BCUT2D eigenvalue weighted by molar-refractivity contribution is 7.89. The maximum absolute atomic E-state index is 12.4. The van der Waals surface area contributed by atoms with Gasteiger partial charge in [0.15, 0.2) is 5.03 Å². The molecular weight excluding hydrogens is 276 g/mol. The van der Waals surface area contributed by atoms with Crippen LogP contribution >= 0.6 is 0 Å². The summed E-state index contributed by atoms with van der Waals surface area (Å²) >= 11 is 0. The highest BCUT2D eigenvalue weighted by Gasteiger charge is 2.38. The lowest BCUT2D eigenvalue weighted by Crippen LogP contribution is -2.48. The number of rotatable bonds is 3. The van der Waals surface area contributed by atoms with Gasteiger partial charge in [-0.3, -0.25) is 4.98 Å². The van der Waals surface area contributed by atoms with E-state index in [2.05, 4.69) is 9.97 Å². The molecule has 0 amide bonds. The van der Waals surface area contributed by atoms with Gasteiger partial charge in [-0.15, -0.1) is 0 Å². The summed E-state index contributed by atoms with van der Waals surface area (Å²) in [7, 11) is -1.68. The van der Waals surface area contributed by atoms with Gasteiger partial charge in [-0.2, -0.15) is 4.31 Å². The van der Waals surface area contributed by atoms with Crippen LogP contribution in [0.25, 0.3) is 0 Å². The first-order valence-corrected chi connectivity index (χ1v) is 7.82. The van der Waals surface area contributed by atoms with Crippen LogP contribution in [0.2, 0.25) is 0 Å².